The molecule has 2 heterocycles. The Labute approximate surface area is 172 Å². The van der Waals surface area contributed by atoms with E-state index < -0.39 is 14.0 Å². The maximum absolute atomic E-state index is 11.8. The third-order valence-corrected chi connectivity index (χ3v) is 7.61. The molecule has 9 heteroatoms. The zero-order valence-corrected chi connectivity index (χ0v) is 18.7. The minimum Gasteiger partial charge on any atom is -0.351 e. The number of nitrogens with one attached hydrogen (secondary N) is 1. The zero-order valence-electron chi connectivity index (χ0n) is 17.0. The van der Waals surface area contributed by atoms with Crippen molar-refractivity contribution < 1.29 is 13.8 Å². The van der Waals surface area contributed by atoms with Crippen molar-refractivity contribution in [3.8, 4) is 0 Å². The molecule has 28 heavy (non-hydrogen) atoms. The van der Waals surface area contributed by atoms with Gasteiger partial charge in [0.25, 0.3) is 5.56 Å². The molecule has 1 saturated carbocycles. The smallest absolute Gasteiger partial charge is 0.254 e. The number of aromatic amines is 1. The molecule has 154 valence electrons. The van der Waals surface area contributed by atoms with Gasteiger partial charge in [-0.05, 0) is 36.9 Å². The molecule has 0 radical (unpaired) electrons. The number of nitrogens with zero attached hydrogens (tertiary/aromatic N) is 2. The first-order valence-corrected chi connectivity index (χ1v) is 11.5. The van der Waals surface area contributed by atoms with Crippen molar-refractivity contribution in [3.63, 3.8) is 0 Å². The van der Waals surface area contributed by atoms with E-state index in [2.05, 4.69) is 30.6 Å². The molecule has 2 aliphatic rings. The Hall–Kier alpha value is -1.10. The number of hydrogen-bond donors (Lipinski definition) is 1. The van der Waals surface area contributed by atoms with Crippen LogP contribution in [0.5, 0.6) is 0 Å². The number of rotatable bonds is 6. The Kier molecular flexibility index (Phi) is 6.15. The summed E-state index contributed by atoms with van der Waals surface area (Å²) in [6.45, 7) is 18.0. The van der Waals surface area contributed by atoms with Crippen LogP contribution in [0.4, 0.5) is 0 Å². The van der Waals surface area contributed by atoms with Crippen molar-refractivity contribution in [3.05, 3.63) is 38.3 Å². The van der Waals surface area contributed by atoms with Gasteiger partial charge in [0.2, 0.25) is 6.54 Å². The highest BCUT2D eigenvalue weighted by Crippen LogP contribution is 2.62. The minimum atomic E-state index is -1.13. The lowest BCUT2D eigenvalue weighted by Crippen LogP contribution is -2.41. The van der Waals surface area contributed by atoms with Crippen LogP contribution < -0.4 is 5.56 Å². The van der Waals surface area contributed by atoms with E-state index in [0.29, 0.717) is 35.8 Å². The van der Waals surface area contributed by atoms with Gasteiger partial charge in [0, 0.05) is 24.8 Å². The largest absolute Gasteiger partial charge is 0.351 e. The van der Waals surface area contributed by atoms with Crippen LogP contribution in [0.3, 0.4) is 0 Å². The molecule has 1 N–H and O–H groups in total. The van der Waals surface area contributed by atoms with Crippen molar-refractivity contribution in [1.82, 2.24) is 9.55 Å². The zero-order chi connectivity index (χ0) is 20.7. The Bertz CT molecular complexity index is 892. The Morgan fingerprint density at radius 3 is 2.89 bits per heavy atom. The number of aromatic nitrogens is 2. The average Bonchev–Trinajstić information content (AvgIpc) is 3.04. The fraction of sp³-hybridized carbons (Fsp3) is 0.737. The Morgan fingerprint density at radius 1 is 1.50 bits per heavy atom. The number of H-pyrrole nitrogens is 1. The van der Waals surface area contributed by atoms with Gasteiger partial charge in [-0.2, -0.15) is 0 Å². The molecule has 1 aromatic heterocycles. The van der Waals surface area contributed by atoms with Crippen LogP contribution >= 0.6 is 20.6 Å². The third kappa shape index (κ3) is 3.83. The molecule has 0 amide bonds. The predicted octanol–water partition coefficient (Wildman–Crippen LogP) is 4.20. The summed E-state index contributed by atoms with van der Waals surface area (Å²) >= 11 is 5.38. The van der Waals surface area contributed by atoms with Gasteiger partial charge in [0.1, 0.15) is 18.4 Å². The number of ether oxygens (including phenoxy) is 1. The van der Waals surface area contributed by atoms with E-state index in [9.17, 15) is 4.79 Å². The Balaban J connectivity index is 1.89. The molecule has 1 aliphatic heterocycles. The van der Waals surface area contributed by atoms with Crippen molar-refractivity contribution in [1.29, 1.82) is 0 Å². The van der Waals surface area contributed by atoms with Crippen LogP contribution in [0.25, 0.3) is 4.85 Å². The highest BCUT2D eigenvalue weighted by molar-refractivity contribution is 7.71. The van der Waals surface area contributed by atoms with Crippen molar-refractivity contribution in [2.75, 3.05) is 19.8 Å². The summed E-state index contributed by atoms with van der Waals surface area (Å²) in [4.78, 5) is 17.9. The summed E-state index contributed by atoms with van der Waals surface area (Å²) < 4.78 is 21.0. The Morgan fingerprint density at radius 2 is 2.21 bits per heavy atom. The molecule has 1 aliphatic carbocycles. The normalized spacial score (nSPS) is 32.1. The quantitative estimate of drug-likeness (QED) is 0.320. The molecule has 2 fully saturated rings. The van der Waals surface area contributed by atoms with Crippen LogP contribution in [-0.4, -0.2) is 41.1 Å². The topological polar surface area (TPSA) is 69.8 Å². The summed E-state index contributed by atoms with van der Waals surface area (Å²) in [5.74, 6) is 0.426. The van der Waals surface area contributed by atoms with E-state index in [-0.39, 0.29) is 23.3 Å². The molecule has 0 aromatic carbocycles. The first kappa shape index (κ1) is 21.6. The van der Waals surface area contributed by atoms with Crippen molar-refractivity contribution >= 4 is 20.6 Å². The average molecular weight is 425 g/mol. The highest BCUT2D eigenvalue weighted by Gasteiger charge is 2.64. The van der Waals surface area contributed by atoms with E-state index in [1.165, 1.54) is 0 Å². The SMILES string of the molecule is [C-]#[N+]CCOP(C)O[C@@]12C[C@H](n3cc(C)c(=O)[nH]c3=S)O[C@@H]1C(C)(C)[C@@H](C)C2. The van der Waals surface area contributed by atoms with E-state index >= 15 is 0 Å². The molecule has 1 unspecified atom stereocenters. The third-order valence-electron chi connectivity index (χ3n) is 6.13. The van der Waals surface area contributed by atoms with E-state index in [0.717, 1.165) is 6.42 Å². The first-order chi connectivity index (χ1) is 13.1. The minimum absolute atomic E-state index is 0.0686. The van der Waals surface area contributed by atoms with Crippen LogP contribution in [0.1, 0.15) is 45.4 Å². The summed E-state index contributed by atoms with van der Waals surface area (Å²) in [5.41, 5.74) is -0.118. The molecule has 1 aromatic rings. The fourth-order valence-electron chi connectivity index (χ4n) is 4.40. The summed E-state index contributed by atoms with van der Waals surface area (Å²) in [5, 5.41) is 0. The van der Waals surface area contributed by atoms with E-state index in [1.807, 2.05) is 11.2 Å². The lowest BCUT2D eigenvalue weighted by atomic mass is 9.81. The first-order valence-electron chi connectivity index (χ1n) is 9.47. The fourth-order valence-corrected chi connectivity index (χ4v) is 5.81. The van der Waals surface area contributed by atoms with E-state index in [4.69, 9.17) is 32.6 Å². The summed E-state index contributed by atoms with van der Waals surface area (Å²) in [6.07, 6.45) is 2.87. The molecule has 7 nitrogen and oxygen atoms in total. The molecular weight excluding hydrogens is 397 g/mol. The molecule has 5 atom stereocenters. The molecular formula is C19H28N3O4PS. The van der Waals surface area contributed by atoms with Crippen LogP contribution in [0.2, 0.25) is 0 Å². The standard InChI is InChI=1S/C19H28N3O4PS/c1-12-11-22(17(28)21-15(12)23)14-10-19(26-27(6)24-8-7-20-5)9-13(2)18(3,4)16(19)25-14/h11,13-14,16H,7-10H2,1-4,6H3,(H,21,23,28)/t13-,14+,16+,19-,27?/m0/s1. The number of fused-ring (bicyclic) bond motifs is 1. The second kappa shape index (κ2) is 7.97. The maximum Gasteiger partial charge on any atom is 0.254 e. The van der Waals surface area contributed by atoms with Crippen molar-refractivity contribution in [2.24, 2.45) is 11.3 Å². The molecule has 1 saturated heterocycles. The summed E-state index contributed by atoms with van der Waals surface area (Å²) in [7, 11) is -1.13. The van der Waals surface area contributed by atoms with Gasteiger partial charge < -0.3 is 18.6 Å². The molecule has 3 rings (SSSR count). The van der Waals surface area contributed by atoms with Gasteiger partial charge in [-0.25, -0.2) is 6.57 Å². The maximum atomic E-state index is 11.8. The van der Waals surface area contributed by atoms with Gasteiger partial charge >= 0.3 is 0 Å². The van der Waals surface area contributed by atoms with Crippen LogP contribution in [-0.2, 0) is 13.8 Å². The second-order valence-corrected chi connectivity index (χ2v) is 10.1. The lowest BCUT2D eigenvalue weighted by molar-refractivity contribution is -0.0803. The van der Waals surface area contributed by atoms with Gasteiger partial charge in [-0.3, -0.25) is 14.3 Å². The van der Waals surface area contributed by atoms with E-state index in [1.54, 1.807) is 13.1 Å². The van der Waals surface area contributed by atoms with Gasteiger partial charge in [0.15, 0.2) is 13.1 Å². The van der Waals surface area contributed by atoms with Gasteiger partial charge in [0.05, 0.1) is 6.10 Å². The number of aryl methyl sites for hydroxylation is 1. The monoisotopic (exact) mass is 425 g/mol. The summed E-state index contributed by atoms with van der Waals surface area (Å²) in [6, 6.07) is 0. The highest BCUT2D eigenvalue weighted by atomic mass is 32.1. The van der Waals surface area contributed by atoms with Gasteiger partial charge in [-0.15, -0.1) is 0 Å². The van der Waals surface area contributed by atoms with Crippen molar-refractivity contribution in [2.45, 2.75) is 58.5 Å². The lowest BCUT2D eigenvalue weighted by Gasteiger charge is -2.34. The number of hydrogen-bond acceptors (Lipinski definition) is 5. The molecule has 0 spiro atoms. The predicted molar refractivity (Wildman–Crippen MR) is 111 cm³/mol. The molecule has 0 bridgehead atoms. The van der Waals surface area contributed by atoms with Crippen LogP contribution in [0, 0.1) is 29.6 Å². The van der Waals surface area contributed by atoms with Gasteiger partial charge in [-0.1, -0.05) is 20.8 Å². The second-order valence-electron chi connectivity index (χ2n) is 8.39. The van der Waals surface area contributed by atoms with Crippen LogP contribution in [0.15, 0.2) is 11.0 Å².